The van der Waals surface area contributed by atoms with E-state index in [-0.39, 0.29) is 36.5 Å². The first kappa shape index (κ1) is 25.7. The van der Waals surface area contributed by atoms with Crippen LogP contribution in [-0.2, 0) is 9.53 Å². The molecule has 0 spiro atoms. The van der Waals surface area contributed by atoms with E-state index in [1.807, 2.05) is 26.2 Å². The molecule has 4 aromatic rings. The van der Waals surface area contributed by atoms with Crippen LogP contribution < -0.4 is 4.74 Å². The Labute approximate surface area is 227 Å². The van der Waals surface area contributed by atoms with Crippen molar-refractivity contribution in [1.29, 1.82) is 0 Å². The number of hydrogen-bond acceptors (Lipinski definition) is 7. The summed E-state index contributed by atoms with van der Waals surface area (Å²) in [7, 11) is 1.75. The van der Waals surface area contributed by atoms with E-state index in [9.17, 15) is 9.90 Å². The molecule has 2 fully saturated rings. The molecule has 1 atom stereocenters. The van der Waals surface area contributed by atoms with Gasteiger partial charge in [0.15, 0.2) is 0 Å². The second-order valence-electron chi connectivity index (χ2n) is 11.0. The Hall–Kier alpha value is -3.56. The first-order chi connectivity index (χ1) is 18.9. The Morgan fingerprint density at radius 3 is 2.77 bits per heavy atom. The zero-order valence-corrected chi connectivity index (χ0v) is 22.7. The number of ether oxygens (including phenoxy) is 2. The molecule has 9 heteroatoms. The molecule has 6 rings (SSSR count). The number of rotatable bonds is 7. The number of fused-ring (bicyclic) bond motifs is 2. The van der Waals surface area contributed by atoms with Crippen molar-refractivity contribution in [2.45, 2.75) is 57.6 Å². The number of carbonyl (C=O) groups excluding carboxylic acids is 1. The molecule has 1 aliphatic heterocycles. The fourth-order valence-electron chi connectivity index (χ4n) is 5.75. The second kappa shape index (κ2) is 10.5. The van der Waals surface area contributed by atoms with Crippen molar-refractivity contribution in [2.75, 3.05) is 26.9 Å². The Bertz CT molecular complexity index is 1510. The van der Waals surface area contributed by atoms with Gasteiger partial charge in [-0.2, -0.15) is 5.10 Å². The van der Waals surface area contributed by atoms with Crippen molar-refractivity contribution in [3.63, 3.8) is 0 Å². The highest BCUT2D eigenvalue weighted by Crippen LogP contribution is 2.44. The summed E-state index contributed by atoms with van der Waals surface area (Å²) in [5.74, 6) is 0.803. The van der Waals surface area contributed by atoms with Crippen molar-refractivity contribution in [3.8, 4) is 17.0 Å². The molecule has 2 aliphatic rings. The quantitative estimate of drug-likeness (QED) is 0.365. The summed E-state index contributed by atoms with van der Waals surface area (Å²) in [6, 6.07) is 8.22. The third kappa shape index (κ3) is 4.85. The van der Waals surface area contributed by atoms with Gasteiger partial charge in [-0.3, -0.25) is 14.9 Å². The number of nitrogens with one attached hydrogen (secondary N) is 1. The summed E-state index contributed by atoms with van der Waals surface area (Å²) >= 11 is 0. The van der Waals surface area contributed by atoms with Gasteiger partial charge < -0.3 is 19.5 Å². The molecule has 1 amide bonds. The maximum atomic E-state index is 12.9. The number of amides is 1. The zero-order valence-electron chi connectivity index (χ0n) is 22.7. The fourth-order valence-corrected chi connectivity index (χ4v) is 5.75. The molecule has 0 radical (unpaired) electrons. The van der Waals surface area contributed by atoms with Crippen molar-refractivity contribution in [2.24, 2.45) is 5.92 Å². The smallest absolute Gasteiger partial charge is 0.226 e. The third-order valence-corrected chi connectivity index (χ3v) is 8.34. The Morgan fingerprint density at radius 2 is 2.03 bits per heavy atom. The van der Waals surface area contributed by atoms with Crippen molar-refractivity contribution in [1.82, 2.24) is 25.1 Å². The zero-order chi connectivity index (χ0) is 27.1. The molecule has 1 saturated heterocycles. The number of H-pyrrole nitrogens is 1. The third-order valence-electron chi connectivity index (χ3n) is 8.34. The van der Waals surface area contributed by atoms with Crippen LogP contribution in [0.15, 0.2) is 36.7 Å². The normalized spacial score (nSPS) is 20.6. The van der Waals surface area contributed by atoms with E-state index in [0.717, 1.165) is 57.0 Å². The molecule has 0 bridgehead atoms. The van der Waals surface area contributed by atoms with E-state index in [1.165, 1.54) is 0 Å². The van der Waals surface area contributed by atoms with Crippen LogP contribution in [0.2, 0.25) is 0 Å². The lowest BCUT2D eigenvalue weighted by Gasteiger charge is -2.38. The molecule has 204 valence electrons. The minimum atomic E-state index is -0.203. The number of carbonyl (C=O) groups is 1. The van der Waals surface area contributed by atoms with Crippen molar-refractivity contribution in [3.05, 3.63) is 48.0 Å². The highest BCUT2D eigenvalue weighted by Gasteiger charge is 2.39. The Balaban J connectivity index is 1.42. The number of aryl methyl sites for hydroxylation is 1. The first-order valence-electron chi connectivity index (χ1n) is 13.8. The maximum Gasteiger partial charge on any atom is 0.226 e. The van der Waals surface area contributed by atoms with Gasteiger partial charge in [0.05, 0.1) is 30.1 Å². The minimum absolute atomic E-state index is 0.0504. The standard InChI is InChI=1S/C30H35N5O4/c1-17-10-20(4-7-31-17)27-24-13-22-15-32-34-26(22)14-25(24)29(33-28(27)19-5-8-38-9-6-19)39-23-11-21(12-23)30(37)35(3)18(2)16-36/h4,7,10,13-15,18-19,21,23,36H,5-6,8-9,11-12,16H2,1-3H3,(H,32,34). The molecule has 9 nitrogen and oxygen atoms in total. The van der Waals surface area contributed by atoms with Gasteiger partial charge >= 0.3 is 0 Å². The number of aliphatic hydroxyl groups excluding tert-OH is 1. The highest BCUT2D eigenvalue weighted by molar-refractivity contribution is 6.06. The van der Waals surface area contributed by atoms with Crippen LogP contribution >= 0.6 is 0 Å². The summed E-state index contributed by atoms with van der Waals surface area (Å²) in [4.78, 5) is 24.2. The van der Waals surface area contributed by atoms with Gasteiger partial charge in [-0.25, -0.2) is 4.98 Å². The SMILES string of the molecule is Cc1cc(-c2c(C3CCOCC3)nc(OC3CC(C(=O)N(C)C(C)CO)C3)c3cc4[nH]ncc4cc23)ccn1. The van der Waals surface area contributed by atoms with Crippen molar-refractivity contribution >= 4 is 27.6 Å². The van der Waals surface area contributed by atoms with Gasteiger partial charge in [0.2, 0.25) is 11.8 Å². The molecule has 3 aromatic heterocycles. The lowest BCUT2D eigenvalue weighted by molar-refractivity contribution is -0.142. The van der Waals surface area contributed by atoms with E-state index in [4.69, 9.17) is 14.5 Å². The van der Waals surface area contributed by atoms with Gasteiger partial charge in [0, 0.05) is 60.3 Å². The number of aromatic nitrogens is 4. The topological polar surface area (TPSA) is 113 Å². The average molecular weight is 530 g/mol. The predicted octanol–water partition coefficient (Wildman–Crippen LogP) is 4.37. The van der Waals surface area contributed by atoms with Gasteiger partial charge in [-0.1, -0.05) is 0 Å². The number of aliphatic hydroxyl groups is 1. The first-order valence-corrected chi connectivity index (χ1v) is 13.8. The van der Waals surface area contributed by atoms with Gasteiger partial charge in [0.25, 0.3) is 0 Å². The molecule has 39 heavy (non-hydrogen) atoms. The summed E-state index contributed by atoms with van der Waals surface area (Å²) in [6.45, 7) is 5.22. The van der Waals surface area contributed by atoms with E-state index in [0.29, 0.717) is 31.9 Å². The summed E-state index contributed by atoms with van der Waals surface area (Å²) in [5, 5.41) is 19.8. The highest BCUT2D eigenvalue weighted by atomic mass is 16.5. The number of nitrogens with zero attached hydrogens (tertiary/aromatic N) is 4. The van der Waals surface area contributed by atoms with Crippen LogP contribution in [0.3, 0.4) is 0 Å². The lowest BCUT2D eigenvalue weighted by atomic mass is 9.81. The van der Waals surface area contributed by atoms with E-state index in [2.05, 4.69) is 39.4 Å². The van der Waals surface area contributed by atoms with Crippen molar-refractivity contribution < 1.29 is 19.4 Å². The molecule has 1 unspecified atom stereocenters. The molecular weight excluding hydrogens is 494 g/mol. The molecule has 4 heterocycles. The monoisotopic (exact) mass is 529 g/mol. The van der Waals surface area contributed by atoms with Crippen LogP contribution in [0.4, 0.5) is 0 Å². The number of benzene rings is 1. The molecule has 1 aliphatic carbocycles. The van der Waals surface area contributed by atoms with Gasteiger partial charge in [-0.05, 0) is 74.7 Å². The Morgan fingerprint density at radius 1 is 1.23 bits per heavy atom. The predicted molar refractivity (Wildman–Crippen MR) is 149 cm³/mol. The molecule has 1 saturated carbocycles. The molecule has 1 aromatic carbocycles. The van der Waals surface area contributed by atoms with E-state index >= 15 is 0 Å². The molecular formula is C30H35N5O4. The lowest BCUT2D eigenvalue weighted by Crippen LogP contribution is -2.47. The van der Waals surface area contributed by atoms with Crippen LogP contribution in [-0.4, -0.2) is 75.1 Å². The number of hydrogen-bond donors (Lipinski definition) is 2. The largest absolute Gasteiger partial charge is 0.474 e. The minimum Gasteiger partial charge on any atom is -0.474 e. The van der Waals surface area contributed by atoms with Gasteiger partial charge in [-0.15, -0.1) is 0 Å². The van der Waals surface area contributed by atoms with Crippen LogP contribution in [0.5, 0.6) is 5.88 Å². The summed E-state index contributed by atoms with van der Waals surface area (Å²) in [6.07, 6.45) is 6.67. The fraction of sp³-hybridized carbons (Fsp3) is 0.467. The summed E-state index contributed by atoms with van der Waals surface area (Å²) < 4.78 is 12.3. The average Bonchev–Trinajstić information content (AvgIpc) is 3.40. The summed E-state index contributed by atoms with van der Waals surface area (Å²) in [5.41, 5.74) is 5.10. The number of aromatic amines is 1. The maximum absolute atomic E-state index is 12.9. The second-order valence-corrected chi connectivity index (χ2v) is 11.0. The van der Waals surface area contributed by atoms with E-state index in [1.54, 1.807) is 11.9 Å². The van der Waals surface area contributed by atoms with Crippen LogP contribution in [0.1, 0.15) is 49.9 Å². The number of likely N-dealkylation sites (N-methyl/N-ethyl adjacent to an activating group) is 1. The van der Waals surface area contributed by atoms with E-state index < -0.39 is 0 Å². The molecule has 2 N–H and O–H groups in total. The Kier molecular flexibility index (Phi) is 6.95. The van der Waals surface area contributed by atoms with Crippen LogP contribution in [0.25, 0.3) is 32.8 Å². The van der Waals surface area contributed by atoms with Crippen LogP contribution in [0, 0.1) is 12.8 Å². The number of pyridine rings is 2. The van der Waals surface area contributed by atoms with Gasteiger partial charge in [0.1, 0.15) is 6.10 Å².